The SMILES string of the molecule is O=C(NN1C=CN=CC1Oc1cccc(C(F)(F)F)c1)c1cccc(Oc2ccccc2)c1. The quantitative estimate of drug-likeness (QED) is 0.543. The summed E-state index contributed by atoms with van der Waals surface area (Å²) in [6.07, 6.45) is -1.23. The molecule has 1 heterocycles. The number of aliphatic imine (C=N–C) groups is 1. The van der Waals surface area contributed by atoms with Crippen LogP contribution >= 0.6 is 0 Å². The Hall–Kier alpha value is -4.27. The molecule has 0 aromatic heterocycles. The summed E-state index contributed by atoms with van der Waals surface area (Å²) < 4.78 is 50.3. The van der Waals surface area contributed by atoms with Crippen molar-refractivity contribution in [1.82, 2.24) is 10.4 Å². The standard InChI is InChI=1S/C24H18F3N3O3/c25-24(26,27)18-7-5-11-21(15-18)33-22-16-28-12-13-30(22)29-23(31)17-6-4-10-20(14-17)32-19-8-2-1-3-9-19/h1-16,22H,(H,29,31). The number of halogens is 3. The first-order valence-corrected chi connectivity index (χ1v) is 9.85. The van der Waals surface area contributed by atoms with Gasteiger partial charge in [0.1, 0.15) is 17.2 Å². The van der Waals surface area contributed by atoms with E-state index in [9.17, 15) is 18.0 Å². The van der Waals surface area contributed by atoms with Gasteiger partial charge in [-0.05, 0) is 48.5 Å². The van der Waals surface area contributed by atoms with Crippen LogP contribution < -0.4 is 14.9 Å². The Labute approximate surface area is 187 Å². The van der Waals surface area contributed by atoms with E-state index >= 15 is 0 Å². The lowest BCUT2D eigenvalue weighted by atomic mass is 10.2. The zero-order chi connectivity index (χ0) is 23.3. The molecule has 1 aliphatic heterocycles. The number of hydrazine groups is 1. The first-order valence-electron chi connectivity index (χ1n) is 9.85. The van der Waals surface area contributed by atoms with Gasteiger partial charge in [-0.2, -0.15) is 13.2 Å². The third-order valence-corrected chi connectivity index (χ3v) is 4.53. The predicted octanol–water partition coefficient (Wildman–Crippen LogP) is 5.41. The molecule has 168 valence electrons. The number of amides is 1. The van der Waals surface area contributed by atoms with Crippen LogP contribution in [0.4, 0.5) is 13.2 Å². The van der Waals surface area contributed by atoms with Crippen molar-refractivity contribution in [2.45, 2.75) is 12.4 Å². The van der Waals surface area contributed by atoms with Gasteiger partial charge in [-0.1, -0.05) is 30.3 Å². The number of benzene rings is 3. The van der Waals surface area contributed by atoms with Crippen molar-refractivity contribution in [1.29, 1.82) is 0 Å². The van der Waals surface area contributed by atoms with Crippen LogP contribution in [0, 0.1) is 0 Å². The third-order valence-electron chi connectivity index (χ3n) is 4.53. The number of nitrogens with zero attached hydrogens (tertiary/aromatic N) is 2. The zero-order valence-electron chi connectivity index (χ0n) is 17.1. The average molecular weight is 453 g/mol. The van der Waals surface area contributed by atoms with Gasteiger partial charge in [0, 0.05) is 18.0 Å². The lowest BCUT2D eigenvalue weighted by Gasteiger charge is -2.30. The van der Waals surface area contributed by atoms with Crippen LogP contribution in [-0.4, -0.2) is 23.4 Å². The Bertz CT molecular complexity index is 1180. The van der Waals surface area contributed by atoms with Gasteiger partial charge < -0.3 is 9.47 Å². The number of hydrogen-bond donors (Lipinski definition) is 1. The monoisotopic (exact) mass is 453 g/mol. The summed E-state index contributed by atoms with van der Waals surface area (Å²) in [5, 5.41) is 1.31. The van der Waals surface area contributed by atoms with Crippen LogP contribution in [-0.2, 0) is 6.18 Å². The van der Waals surface area contributed by atoms with Gasteiger partial charge in [-0.25, -0.2) is 5.01 Å². The van der Waals surface area contributed by atoms with E-state index in [1.807, 2.05) is 18.2 Å². The summed E-state index contributed by atoms with van der Waals surface area (Å²) in [5.41, 5.74) is 2.13. The molecule has 9 heteroatoms. The van der Waals surface area contributed by atoms with Gasteiger partial charge in [0.2, 0.25) is 6.23 Å². The maximum Gasteiger partial charge on any atom is 0.416 e. The van der Waals surface area contributed by atoms with Crippen LogP contribution in [0.15, 0.2) is 96.3 Å². The highest BCUT2D eigenvalue weighted by molar-refractivity contribution is 5.94. The van der Waals surface area contributed by atoms with E-state index in [4.69, 9.17) is 9.47 Å². The van der Waals surface area contributed by atoms with Crippen molar-refractivity contribution in [3.63, 3.8) is 0 Å². The average Bonchev–Trinajstić information content (AvgIpc) is 2.81. The van der Waals surface area contributed by atoms with E-state index in [2.05, 4.69) is 10.4 Å². The topological polar surface area (TPSA) is 63.2 Å². The molecular weight excluding hydrogens is 435 g/mol. The molecule has 0 radical (unpaired) electrons. The Morgan fingerprint density at radius 3 is 2.42 bits per heavy atom. The second-order valence-corrected chi connectivity index (χ2v) is 6.92. The van der Waals surface area contributed by atoms with E-state index in [0.717, 1.165) is 12.1 Å². The fraction of sp³-hybridized carbons (Fsp3) is 0.0833. The first kappa shape index (κ1) is 21.9. The Morgan fingerprint density at radius 1 is 0.909 bits per heavy atom. The molecule has 1 unspecified atom stereocenters. The molecule has 33 heavy (non-hydrogen) atoms. The van der Waals surface area contributed by atoms with Crippen molar-refractivity contribution < 1.29 is 27.4 Å². The number of hydrogen-bond acceptors (Lipinski definition) is 5. The smallest absolute Gasteiger partial charge is 0.416 e. The van der Waals surface area contributed by atoms with Crippen LogP contribution in [0.1, 0.15) is 15.9 Å². The number of carbonyl (C=O) groups is 1. The second kappa shape index (κ2) is 9.47. The molecule has 6 nitrogen and oxygen atoms in total. The van der Waals surface area contributed by atoms with E-state index < -0.39 is 23.9 Å². The van der Waals surface area contributed by atoms with Gasteiger partial charge >= 0.3 is 6.18 Å². The molecule has 3 aromatic rings. The van der Waals surface area contributed by atoms with Gasteiger partial charge in [-0.3, -0.25) is 15.2 Å². The predicted molar refractivity (Wildman–Crippen MR) is 116 cm³/mol. The Balaban J connectivity index is 1.45. The summed E-state index contributed by atoms with van der Waals surface area (Å²) in [6.45, 7) is 0. The molecule has 1 N–H and O–H groups in total. The van der Waals surface area contributed by atoms with Crippen molar-refractivity contribution in [2.75, 3.05) is 0 Å². The van der Waals surface area contributed by atoms with Crippen LogP contribution in [0.3, 0.4) is 0 Å². The van der Waals surface area contributed by atoms with Gasteiger partial charge in [0.05, 0.1) is 11.8 Å². The fourth-order valence-corrected chi connectivity index (χ4v) is 2.97. The van der Waals surface area contributed by atoms with Crippen LogP contribution in [0.2, 0.25) is 0 Å². The molecular formula is C24H18F3N3O3. The van der Waals surface area contributed by atoms with Crippen molar-refractivity contribution in [2.24, 2.45) is 4.99 Å². The minimum Gasteiger partial charge on any atom is -0.464 e. The second-order valence-electron chi connectivity index (χ2n) is 6.92. The Kier molecular flexibility index (Phi) is 6.30. The third kappa shape index (κ3) is 5.70. The number of nitrogens with one attached hydrogen (secondary N) is 1. The van der Waals surface area contributed by atoms with E-state index in [0.29, 0.717) is 17.1 Å². The molecule has 0 fully saturated rings. The molecule has 1 atom stereocenters. The molecule has 4 rings (SSSR count). The summed E-state index contributed by atoms with van der Waals surface area (Å²) in [6, 6.07) is 20.2. The van der Waals surface area contributed by atoms with Gasteiger partial charge in [-0.15, -0.1) is 0 Å². The fourth-order valence-electron chi connectivity index (χ4n) is 2.97. The number of para-hydroxylation sites is 1. The van der Waals surface area contributed by atoms with E-state index in [-0.39, 0.29) is 5.75 Å². The minimum atomic E-state index is -4.50. The van der Waals surface area contributed by atoms with Crippen molar-refractivity contribution in [3.8, 4) is 17.2 Å². The maximum atomic E-state index is 13.0. The lowest BCUT2D eigenvalue weighted by molar-refractivity contribution is -0.137. The Morgan fingerprint density at radius 2 is 1.64 bits per heavy atom. The van der Waals surface area contributed by atoms with E-state index in [1.54, 1.807) is 36.4 Å². The molecule has 1 aliphatic rings. The highest BCUT2D eigenvalue weighted by Gasteiger charge is 2.31. The minimum absolute atomic E-state index is 0.0194. The number of ether oxygens (including phenoxy) is 2. The number of rotatable bonds is 6. The molecule has 0 spiro atoms. The number of carbonyl (C=O) groups excluding carboxylic acids is 1. The normalized spacial score (nSPS) is 15.2. The highest BCUT2D eigenvalue weighted by atomic mass is 19.4. The van der Waals surface area contributed by atoms with Crippen molar-refractivity contribution >= 4 is 12.1 Å². The maximum absolute atomic E-state index is 13.0. The first-order chi connectivity index (χ1) is 15.9. The summed E-state index contributed by atoms with van der Waals surface area (Å²) in [4.78, 5) is 16.8. The highest BCUT2D eigenvalue weighted by Crippen LogP contribution is 2.31. The molecule has 0 saturated heterocycles. The molecule has 1 amide bonds. The molecule has 0 saturated carbocycles. The molecule has 3 aromatic carbocycles. The number of alkyl halides is 3. The largest absolute Gasteiger partial charge is 0.464 e. The summed E-state index contributed by atoms with van der Waals surface area (Å²) >= 11 is 0. The summed E-state index contributed by atoms with van der Waals surface area (Å²) in [7, 11) is 0. The van der Waals surface area contributed by atoms with E-state index in [1.165, 1.54) is 35.8 Å². The zero-order valence-corrected chi connectivity index (χ0v) is 17.1. The van der Waals surface area contributed by atoms with Gasteiger partial charge in [0.25, 0.3) is 5.91 Å². The van der Waals surface area contributed by atoms with Crippen LogP contribution in [0.5, 0.6) is 17.2 Å². The molecule has 0 bridgehead atoms. The molecule has 0 aliphatic carbocycles. The van der Waals surface area contributed by atoms with Crippen molar-refractivity contribution in [3.05, 3.63) is 102 Å². The lowest BCUT2D eigenvalue weighted by Crippen LogP contribution is -2.49. The van der Waals surface area contributed by atoms with Crippen LogP contribution in [0.25, 0.3) is 0 Å². The summed E-state index contributed by atoms with van der Waals surface area (Å²) in [5.74, 6) is 0.612. The van der Waals surface area contributed by atoms with Gasteiger partial charge in [0.15, 0.2) is 0 Å².